The van der Waals surface area contributed by atoms with Crippen LogP contribution in [0.4, 0.5) is 11.8 Å². The number of rotatable bonds is 3. The van der Waals surface area contributed by atoms with E-state index in [-0.39, 0.29) is 16.8 Å². The van der Waals surface area contributed by atoms with E-state index in [0.717, 1.165) is 0 Å². The summed E-state index contributed by atoms with van der Waals surface area (Å²) in [5.74, 6) is 0.147. The lowest BCUT2D eigenvalue weighted by Gasteiger charge is -2.12. The highest BCUT2D eigenvalue weighted by atomic mass is 32.2. The van der Waals surface area contributed by atoms with Crippen LogP contribution in [0.25, 0.3) is 11.1 Å². The molecule has 0 aliphatic rings. The minimum absolute atomic E-state index is 0.0309. The molecule has 106 valence electrons. The molecule has 0 radical (unpaired) electrons. The summed E-state index contributed by atoms with van der Waals surface area (Å²) in [5, 5.41) is -0.623. The number of nitrogen functional groups attached to an aromatic ring is 2. The molecule has 0 unspecified atom stereocenters. The van der Waals surface area contributed by atoms with Crippen LogP contribution in [0.5, 0.6) is 0 Å². The highest BCUT2D eigenvalue weighted by Crippen LogP contribution is 2.30. The van der Waals surface area contributed by atoms with Gasteiger partial charge in [0.25, 0.3) is 0 Å². The van der Waals surface area contributed by atoms with Gasteiger partial charge in [-0.15, -0.1) is 0 Å². The number of pyridine rings is 1. The lowest BCUT2D eigenvalue weighted by molar-refractivity contribution is 0.584. The van der Waals surface area contributed by atoms with E-state index < -0.39 is 15.1 Å². The number of nitrogens with two attached hydrogens (primary N) is 2. The fourth-order valence-electron chi connectivity index (χ4n) is 1.66. The lowest BCUT2D eigenvalue weighted by atomic mass is 10.1. The molecule has 0 atom stereocenters. The zero-order valence-electron chi connectivity index (χ0n) is 11.1. The van der Waals surface area contributed by atoms with Crippen molar-refractivity contribution in [1.82, 2.24) is 15.0 Å². The molecule has 0 bridgehead atoms. The number of anilines is 2. The third-order valence-electron chi connectivity index (χ3n) is 2.79. The second-order valence-electron chi connectivity index (χ2n) is 4.48. The molecule has 2 aromatic heterocycles. The van der Waals surface area contributed by atoms with Crippen LogP contribution in [0.3, 0.4) is 0 Å². The summed E-state index contributed by atoms with van der Waals surface area (Å²) in [6, 6.07) is 3.25. The monoisotopic (exact) mass is 293 g/mol. The van der Waals surface area contributed by atoms with Gasteiger partial charge in [-0.2, -0.15) is 4.98 Å². The predicted molar refractivity (Wildman–Crippen MR) is 76.4 cm³/mol. The predicted octanol–water partition coefficient (Wildman–Crippen LogP) is 0.885. The highest BCUT2D eigenvalue weighted by molar-refractivity contribution is 7.92. The zero-order valence-corrected chi connectivity index (χ0v) is 11.9. The van der Waals surface area contributed by atoms with Gasteiger partial charge in [-0.3, -0.25) is 0 Å². The van der Waals surface area contributed by atoms with Crippen LogP contribution in [0.15, 0.2) is 29.6 Å². The van der Waals surface area contributed by atoms with E-state index in [1.165, 1.54) is 12.4 Å². The summed E-state index contributed by atoms with van der Waals surface area (Å²) >= 11 is 0. The molecule has 0 saturated heterocycles. The van der Waals surface area contributed by atoms with Crippen molar-refractivity contribution in [1.29, 1.82) is 0 Å². The van der Waals surface area contributed by atoms with Crippen molar-refractivity contribution in [2.75, 3.05) is 11.5 Å². The van der Waals surface area contributed by atoms with Gasteiger partial charge in [0, 0.05) is 23.5 Å². The third kappa shape index (κ3) is 2.42. The Morgan fingerprint density at radius 2 is 1.85 bits per heavy atom. The van der Waals surface area contributed by atoms with Crippen molar-refractivity contribution in [2.45, 2.75) is 24.1 Å². The molecule has 8 heteroatoms. The van der Waals surface area contributed by atoms with Crippen molar-refractivity contribution in [3.8, 4) is 11.1 Å². The SMILES string of the molecule is CC(C)S(=O)(=O)c1ncccc1-c1cnc(N)nc1N. The first-order valence-electron chi connectivity index (χ1n) is 5.91. The quantitative estimate of drug-likeness (QED) is 0.860. The van der Waals surface area contributed by atoms with Gasteiger partial charge in [-0.1, -0.05) is 0 Å². The molecule has 2 aromatic rings. The second kappa shape index (κ2) is 5.04. The van der Waals surface area contributed by atoms with E-state index in [1.54, 1.807) is 26.0 Å². The molecular weight excluding hydrogens is 278 g/mol. The van der Waals surface area contributed by atoms with Crippen LogP contribution in [-0.2, 0) is 9.84 Å². The smallest absolute Gasteiger partial charge is 0.221 e. The maximum Gasteiger partial charge on any atom is 0.221 e. The van der Waals surface area contributed by atoms with Crippen molar-refractivity contribution in [3.63, 3.8) is 0 Å². The van der Waals surface area contributed by atoms with Crippen LogP contribution in [-0.4, -0.2) is 28.6 Å². The van der Waals surface area contributed by atoms with Gasteiger partial charge in [0.05, 0.1) is 5.25 Å². The number of hydrogen-bond donors (Lipinski definition) is 2. The number of hydrogen-bond acceptors (Lipinski definition) is 7. The molecule has 0 amide bonds. The second-order valence-corrected chi connectivity index (χ2v) is 6.90. The minimum Gasteiger partial charge on any atom is -0.383 e. The zero-order chi connectivity index (χ0) is 14.9. The Morgan fingerprint density at radius 1 is 1.15 bits per heavy atom. The Labute approximate surface area is 117 Å². The molecule has 0 aromatic carbocycles. The fraction of sp³-hybridized carbons (Fsp3) is 0.250. The number of nitrogens with zero attached hydrogens (tertiary/aromatic N) is 3. The lowest BCUT2D eigenvalue weighted by Crippen LogP contribution is -2.17. The van der Waals surface area contributed by atoms with Gasteiger partial charge in [-0.05, 0) is 26.0 Å². The molecule has 7 nitrogen and oxygen atoms in total. The first kappa shape index (κ1) is 14.2. The average Bonchev–Trinajstić information content (AvgIpc) is 2.38. The molecular formula is C12H15N5O2S. The van der Waals surface area contributed by atoms with Crippen molar-refractivity contribution in [2.24, 2.45) is 0 Å². The largest absolute Gasteiger partial charge is 0.383 e. The van der Waals surface area contributed by atoms with Gasteiger partial charge < -0.3 is 11.5 Å². The average molecular weight is 293 g/mol. The molecule has 20 heavy (non-hydrogen) atoms. The molecule has 4 N–H and O–H groups in total. The van der Waals surface area contributed by atoms with Gasteiger partial charge in [0.2, 0.25) is 5.95 Å². The van der Waals surface area contributed by atoms with Crippen LogP contribution in [0.1, 0.15) is 13.8 Å². The van der Waals surface area contributed by atoms with E-state index in [9.17, 15) is 8.42 Å². The molecule has 0 saturated carbocycles. The van der Waals surface area contributed by atoms with Crippen LogP contribution >= 0.6 is 0 Å². The third-order valence-corrected chi connectivity index (χ3v) is 4.89. The van der Waals surface area contributed by atoms with E-state index in [0.29, 0.717) is 11.1 Å². The molecule has 0 aliphatic carbocycles. The molecule has 2 heterocycles. The molecule has 0 aliphatic heterocycles. The molecule has 0 spiro atoms. The summed E-state index contributed by atoms with van der Waals surface area (Å²) in [6.45, 7) is 3.19. The number of aromatic nitrogens is 3. The van der Waals surface area contributed by atoms with Gasteiger partial charge >= 0.3 is 0 Å². The van der Waals surface area contributed by atoms with E-state index in [1.807, 2.05) is 0 Å². The van der Waals surface area contributed by atoms with Crippen molar-refractivity contribution >= 4 is 21.6 Å². The summed E-state index contributed by atoms with van der Waals surface area (Å²) in [4.78, 5) is 11.7. The maximum absolute atomic E-state index is 12.3. The standard InChI is InChI=1S/C12H15N5O2S/c1-7(2)20(18,19)11-8(4-3-5-15-11)9-6-16-12(14)17-10(9)13/h3-7H,1-2H3,(H4,13,14,16,17). The topological polar surface area (TPSA) is 125 Å². The first-order chi connectivity index (χ1) is 9.34. The van der Waals surface area contributed by atoms with Crippen LogP contribution in [0.2, 0.25) is 0 Å². The Bertz CT molecular complexity index is 743. The molecule has 2 rings (SSSR count). The van der Waals surface area contributed by atoms with Crippen molar-refractivity contribution in [3.05, 3.63) is 24.5 Å². The minimum atomic E-state index is -3.54. The summed E-state index contributed by atoms with van der Waals surface area (Å²) in [6.07, 6.45) is 2.82. The normalized spacial score (nSPS) is 11.8. The Hall–Kier alpha value is -2.22. The Morgan fingerprint density at radius 3 is 2.45 bits per heavy atom. The summed E-state index contributed by atoms with van der Waals surface area (Å²) in [7, 11) is -3.54. The van der Waals surface area contributed by atoms with E-state index in [2.05, 4.69) is 15.0 Å². The summed E-state index contributed by atoms with van der Waals surface area (Å²) in [5.41, 5.74) is 12.0. The van der Waals surface area contributed by atoms with Gasteiger partial charge in [0.15, 0.2) is 14.9 Å². The van der Waals surface area contributed by atoms with Crippen LogP contribution in [0, 0.1) is 0 Å². The van der Waals surface area contributed by atoms with Crippen molar-refractivity contribution < 1.29 is 8.42 Å². The highest BCUT2D eigenvalue weighted by Gasteiger charge is 2.25. The summed E-state index contributed by atoms with van der Waals surface area (Å²) < 4.78 is 24.7. The Balaban J connectivity index is 2.71. The maximum atomic E-state index is 12.3. The van der Waals surface area contributed by atoms with Gasteiger partial charge in [-0.25, -0.2) is 18.4 Å². The Kier molecular flexibility index (Phi) is 3.58. The van der Waals surface area contributed by atoms with Gasteiger partial charge in [0.1, 0.15) is 5.82 Å². The fourth-order valence-corrected chi connectivity index (χ4v) is 2.80. The number of sulfone groups is 1. The van der Waals surface area contributed by atoms with E-state index in [4.69, 9.17) is 11.5 Å². The van der Waals surface area contributed by atoms with E-state index >= 15 is 0 Å². The molecule has 0 fully saturated rings. The van der Waals surface area contributed by atoms with Crippen LogP contribution < -0.4 is 11.5 Å². The first-order valence-corrected chi connectivity index (χ1v) is 7.46.